The zero-order valence-corrected chi connectivity index (χ0v) is 19.6. The van der Waals surface area contributed by atoms with E-state index in [1.807, 2.05) is 44.0 Å². The van der Waals surface area contributed by atoms with E-state index in [9.17, 15) is 9.59 Å². The molecular weight excluding hydrogens is 418 g/mol. The molecule has 0 spiro atoms. The van der Waals surface area contributed by atoms with Crippen molar-refractivity contribution in [1.29, 1.82) is 0 Å². The molecule has 2 aromatic rings. The average molecular weight is 450 g/mol. The van der Waals surface area contributed by atoms with Crippen LogP contribution in [0.15, 0.2) is 52.0 Å². The molecule has 7 nitrogen and oxygen atoms in total. The molecule has 2 aliphatic rings. The first-order valence-electron chi connectivity index (χ1n) is 11.4. The van der Waals surface area contributed by atoms with Gasteiger partial charge in [-0.05, 0) is 49.0 Å². The number of furan rings is 1. The van der Waals surface area contributed by atoms with E-state index in [1.165, 1.54) is 7.11 Å². The van der Waals surface area contributed by atoms with Gasteiger partial charge >= 0.3 is 6.09 Å². The number of amides is 2. The van der Waals surface area contributed by atoms with Crippen molar-refractivity contribution in [3.05, 3.63) is 53.9 Å². The van der Waals surface area contributed by atoms with Crippen molar-refractivity contribution in [2.24, 2.45) is 10.9 Å². The molecule has 2 atom stereocenters. The van der Waals surface area contributed by atoms with Crippen LogP contribution in [-0.2, 0) is 9.53 Å². The van der Waals surface area contributed by atoms with Crippen LogP contribution in [0.5, 0.6) is 0 Å². The Labute approximate surface area is 194 Å². The fraction of sp³-hybridized carbons (Fsp3) is 0.423. The number of aryl methyl sites for hydroxylation is 1. The molecule has 1 aromatic heterocycles. The summed E-state index contributed by atoms with van der Waals surface area (Å²) in [6.45, 7) is 6.45. The molecule has 1 saturated heterocycles. The molecule has 0 aliphatic carbocycles. The second kappa shape index (κ2) is 9.65. The number of nitrogens with zero attached hydrogens (tertiary/aromatic N) is 2. The van der Waals surface area contributed by atoms with Gasteiger partial charge in [-0.15, -0.1) is 0 Å². The van der Waals surface area contributed by atoms with Crippen LogP contribution in [0.3, 0.4) is 0 Å². The number of ether oxygens (including phenoxy) is 1. The summed E-state index contributed by atoms with van der Waals surface area (Å²) in [5, 5.41) is 2.70. The SMILES string of the molecule is COC(=O)N[C@H](C(=O)N1CCC[C@H]1C1=NC=C(c2ccc(-c3ccc(C)o3)cc2)C1)C(C)C. The minimum absolute atomic E-state index is 0.0442. The summed E-state index contributed by atoms with van der Waals surface area (Å²) in [5.41, 5.74) is 4.29. The highest BCUT2D eigenvalue weighted by molar-refractivity contribution is 6.03. The molecule has 0 saturated carbocycles. The number of carbonyl (C=O) groups is 2. The lowest BCUT2D eigenvalue weighted by molar-refractivity contribution is -0.134. The first kappa shape index (κ1) is 22.8. The van der Waals surface area contributed by atoms with Crippen LogP contribution in [-0.4, -0.2) is 48.4 Å². The van der Waals surface area contributed by atoms with E-state index in [1.54, 1.807) is 0 Å². The molecule has 0 radical (unpaired) electrons. The highest BCUT2D eigenvalue weighted by Crippen LogP contribution is 2.32. The third-order valence-corrected chi connectivity index (χ3v) is 6.35. The standard InChI is InChI=1S/C26H31N3O4/c1-16(2)24(28-26(31)32-4)25(30)29-13-5-6-22(29)21-14-20(15-27-21)18-8-10-19(11-9-18)23-12-7-17(3)33-23/h7-12,15-16,22,24H,5-6,13-14H2,1-4H3,(H,28,31)/t22-,24-/m0/s1. The second-order valence-corrected chi connectivity index (χ2v) is 8.99. The maximum absolute atomic E-state index is 13.3. The number of aliphatic imine (C=N–C) groups is 1. The summed E-state index contributed by atoms with van der Waals surface area (Å²) in [6.07, 6.45) is 3.84. The van der Waals surface area contributed by atoms with Gasteiger partial charge in [0.25, 0.3) is 0 Å². The Morgan fingerprint density at radius 2 is 1.88 bits per heavy atom. The number of methoxy groups -OCH3 is 1. The van der Waals surface area contributed by atoms with Crippen LogP contribution >= 0.6 is 0 Å². The lowest BCUT2D eigenvalue weighted by Crippen LogP contribution is -2.53. The predicted molar refractivity (Wildman–Crippen MR) is 128 cm³/mol. The summed E-state index contributed by atoms with van der Waals surface area (Å²) in [7, 11) is 1.30. The van der Waals surface area contributed by atoms with Crippen molar-refractivity contribution in [2.75, 3.05) is 13.7 Å². The fourth-order valence-corrected chi connectivity index (χ4v) is 4.52. The first-order chi connectivity index (χ1) is 15.9. The van der Waals surface area contributed by atoms with Gasteiger partial charge in [0.15, 0.2) is 0 Å². The van der Waals surface area contributed by atoms with Gasteiger partial charge in [-0.3, -0.25) is 9.79 Å². The number of benzene rings is 1. The lowest BCUT2D eigenvalue weighted by Gasteiger charge is -2.31. The van der Waals surface area contributed by atoms with Gasteiger partial charge in [-0.2, -0.15) is 0 Å². The fourth-order valence-electron chi connectivity index (χ4n) is 4.52. The summed E-state index contributed by atoms with van der Waals surface area (Å²) in [6, 6.07) is 11.6. The van der Waals surface area contributed by atoms with E-state index in [4.69, 9.17) is 14.1 Å². The van der Waals surface area contributed by atoms with E-state index < -0.39 is 12.1 Å². The van der Waals surface area contributed by atoms with Crippen molar-refractivity contribution in [3.63, 3.8) is 0 Å². The van der Waals surface area contributed by atoms with Gasteiger partial charge in [-0.25, -0.2) is 4.79 Å². The van der Waals surface area contributed by atoms with Crippen molar-refractivity contribution >= 4 is 23.3 Å². The Hall–Kier alpha value is -3.35. The Balaban J connectivity index is 1.43. The maximum Gasteiger partial charge on any atom is 0.407 e. The Bertz CT molecular complexity index is 1080. The molecule has 3 heterocycles. The van der Waals surface area contributed by atoms with Crippen LogP contribution in [0.25, 0.3) is 16.9 Å². The molecule has 1 aromatic carbocycles. The highest BCUT2D eigenvalue weighted by atomic mass is 16.5. The molecule has 0 bridgehead atoms. The maximum atomic E-state index is 13.3. The summed E-state index contributed by atoms with van der Waals surface area (Å²) in [5.74, 6) is 1.63. The molecule has 1 fully saturated rings. The zero-order valence-electron chi connectivity index (χ0n) is 19.6. The smallest absolute Gasteiger partial charge is 0.407 e. The van der Waals surface area contributed by atoms with Gasteiger partial charge in [0, 0.05) is 30.4 Å². The third kappa shape index (κ3) is 4.87. The number of nitrogens with one attached hydrogen (secondary N) is 1. The summed E-state index contributed by atoms with van der Waals surface area (Å²) < 4.78 is 10.4. The topological polar surface area (TPSA) is 84.1 Å². The van der Waals surface area contributed by atoms with Crippen LogP contribution in [0.2, 0.25) is 0 Å². The molecule has 1 N–H and O–H groups in total. The molecule has 2 amide bonds. The van der Waals surface area contributed by atoms with Gasteiger partial charge in [-0.1, -0.05) is 38.1 Å². The Morgan fingerprint density at radius 1 is 1.15 bits per heavy atom. The number of allylic oxidation sites excluding steroid dienone is 1. The van der Waals surface area contributed by atoms with Crippen LogP contribution in [0, 0.1) is 12.8 Å². The van der Waals surface area contributed by atoms with E-state index in [-0.39, 0.29) is 17.9 Å². The number of hydrogen-bond acceptors (Lipinski definition) is 5. The molecule has 7 heteroatoms. The molecule has 0 unspecified atom stereocenters. The van der Waals surface area contributed by atoms with Crippen LogP contribution < -0.4 is 5.32 Å². The number of alkyl carbamates (subject to hydrolysis) is 1. The van der Waals surface area contributed by atoms with Crippen molar-refractivity contribution in [2.45, 2.75) is 52.1 Å². The number of rotatable bonds is 6. The monoisotopic (exact) mass is 449 g/mol. The molecule has 4 rings (SSSR count). The summed E-state index contributed by atoms with van der Waals surface area (Å²) >= 11 is 0. The average Bonchev–Trinajstić information content (AvgIpc) is 3.56. The van der Waals surface area contributed by atoms with Gasteiger partial charge in [0.1, 0.15) is 17.6 Å². The van der Waals surface area contributed by atoms with Gasteiger partial charge in [0.2, 0.25) is 5.91 Å². The van der Waals surface area contributed by atoms with E-state index in [0.717, 1.165) is 46.8 Å². The number of carbonyl (C=O) groups excluding carboxylic acids is 2. The largest absolute Gasteiger partial charge is 0.461 e. The van der Waals surface area contributed by atoms with Crippen LogP contribution in [0.4, 0.5) is 4.79 Å². The van der Waals surface area contributed by atoms with E-state index in [0.29, 0.717) is 13.0 Å². The van der Waals surface area contributed by atoms with Gasteiger partial charge in [0.05, 0.1) is 13.2 Å². The second-order valence-electron chi connectivity index (χ2n) is 8.99. The molecule has 33 heavy (non-hydrogen) atoms. The van der Waals surface area contributed by atoms with Gasteiger partial charge < -0.3 is 19.4 Å². The van der Waals surface area contributed by atoms with Crippen molar-refractivity contribution in [1.82, 2.24) is 10.2 Å². The van der Waals surface area contributed by atoms with Crippen LogP contribution in [0.1, 0.15) is 44.4 Å². The zero-order chi connectivity index (χ0) is 23.5. The van der Waals surface area contributed by atoms with Crippen molar-refractivity contribution in [3.8, 4) is 11.3 Å². The minimum atomic E-state index is -0.620. The minimum Gasteiger partial charge on any atom is -0.461 e. The van der Waals surface area contributed by atoms with Crippen molar-refractivity contribution < 1.29 is 18.7 Å². The Kier molecular flexibility index (Phi) is 6.67. The third-order valence-electron chi connectivity index (χ3n) is 6.35. The highest BCUT2D eigenvalue weighted by Gasteiger charge is 2.38. The quantitative estimate of drug-likeness (QED) is 0.686. The normalized spacial score (nSPS) is 18.8. The lowest BCUT2D eigenvalue weighted by atomic mass is 9.96. The summed E-state index contributed by atoms with van der Waals surface area (Å²) in [4.78, 5) is 31.6. The van der Waals surface area contributed by atoms with E-state index in [2.05, 4.69) is 29.6 Å². The molecule has 2 aliphatic heterocycles. The number of hydrogen-bond donors (Lipinski definition) is 1. The molecule has 174 valence electrons. The Morgan fingerprint density at radius 3 is 2.52 bits per heavy atom. The predicted octanol–water partition coefficient (Wildman–Crippen LogP) is 4.81. The number of likely N-dealkylation sites (tertiary alicyclic amines) is 1. The first-order valence-corrected chi connectivity index (χ1v) is 11.4. The van der Waals surface area contributed by atoms with E-state index >= 15 is 0 Å². The molecular formula is C26H31N3O4.